The molecule has 1 saturated heterocycles. The molecule has 3 aromatic rings. The number of H-pyrrole nitrogens is 1. The average molecular weight is 443 g/mol. The third kappa shape index (κ3) is 3.92. The molecule has 1 unspecified atom stereocenters. The number of amides is 1. The van der Waals surface area contributed by atoms with Crippen LogP contribution in [0.15, 0.2) is 47.3 Å². The molecule has 1 aliphatic rings. The summed E-state index contributed by atoms with van der Waals surface area (Å²) in [5.74, 6) is 1.06. The van der Waals surface area contributed by atoms with Crippen LogP contribution in [0.4, 0.5) is 11.4 Å². The summed E-state index contributed by atoms with van der Waals surface area (Å²) in [5, 5.41) is 10.6. The molecule has 10 heteroatoms. The number of non-ortho nitro benzene ring substituents is 1. The number of nitro benzene ring substituents is 1. The third-order valence-corrected chi connectivity index (χ3v) is 6.65. The average Bonchev–Trinajstić information content (AvgIpc) is 3.13. The maximum atomic E-state index is 12.6. The van der Waals surface area contributed by atoms with E-state index in [1.807, 2.05) is 12.3 Å². The number of nitro groups is 1. The van der Waals surface area contributed by atoms with Gasteiger partial charge in [0.05, 0.1) is 21.7 Å². The summed E-state index contributed by atoms with van der Waals surface area (Å²) < 4.78 is 0. The van der Waals surface area contributed by atoms with Gasteiger partial charge < -0.3 is 4.98 Å². The van der Waals surface area contributed by atoms with Crippen molar-refractivity contribution in [2.75, 3.05) is 22.7 Å². The molecule has 0 radical (unpaired) electrons. The predicted octanol–water partition coefficient (Wildman–Crippen LogP) is 3.52. The molecule has 4 rings (SSSR count). The summed E-state index contributed by atoms with van der Waals surface area (Å²) in [6.45, 7) is 0. The number of aromatic nitrogens is 2. The van der Waals surface area contributed by atoms with Gasteiger partial charge in [0.25, 0.3) is 11.2 Å². The van der Waals surface area contributed by atoms with Crippen molar-refractivity contribution in [1.82, 2.24) is 9.97 Å². The fourth-order valence-corrected chi connectivity index (χ4v) is 4.92. The Labute approximate surface area is 180 Å². The van der Waals surface area contributed by atoms with Crippen molar-refractivity contribution in [2.24, 2.45) is 0 Å². The summed E-state index contributed by atoms with van der Waals surface area (Å²) in [4.78, 5) is 44.4. The van der Waals surface area contributed by atoms with E-state index in [0.29, 0.717) is 34.6 Å². The predicted molar refractivity (Wildman–Crippen MR) is 120 cm³/mol. The number of hydrogen-bond donors (Lipinski definition) is 1. The van der Waals surface area contributed by atoms with E-state index < -0.39 is 4.92 Å². The number of rotatable bonds is 6. The van der Waals surface area contributed by atoms with Crippen LogP contribution in [-0.2, 0) is 11.2 Å². The zero-order valence-corrected chi connectivity index (χ0v) is 17.7. The molecular weight excluding hydrogens is 424 g/mol. The first-order valence-electron chi connectivity index (χ1n) is 9.18. The number of anilines is 1. The van der Waals surface area contributed by atoms with Crippen LogP contribution >= 0.6 is 23.5 Å². The number of carbonyl (C=O) groups is 1. The van der Waals surface area contributed by atoms with Crippen LogP contribution in [-0.4, -0.2) is 38.6 Å². The van der Waals surface area contributed by atoms with Gasteiger partial charge in [-0.1, -0.05) is 0 Å². The van der Waals surface area contributed by atoms with E-state index in [1.165, 1.54) is 23.9 Å². The van der Waals surface area contributed by atoms with Crippen molar-refractivity contribution in [3.8, 4) is 0 Å². The number of nitrogens with one attached hydrogen (secondary N) is 1. The molecule has 1 aromatic heterocycles. The molecule has 2 heterocycles. The van der Waals surface area contributed by atoms with Crippen molar-refractivity contribution in [3.05, 3.63) is 74.2 Å². The van der Waals surface area contributed by atoms with E-state index in [1.54, 1.807) is 40.9 Å². The van der Waals surface area contributed by atoms with Crippen LogP contribution in [0, 0.1) is 10.1 Å². The van der Waals surface area contributed by atoms with Gasteiger partial charge in [-0.2, -0.15) is 11.8 Å². The Kier molecular flexibility index (Phi) is 5.78. The summed E-state index contributed by atoms with van der Waals surface area (Å²) in [5.41, 5.74) is 2.97. The molecular formula is C20H18N4O4S2. The zero-order chi connectivity index (χ0) is 21.3. The maximum absolute atomic E-state index is 12.6. The first kappa shape index (κ1) is 20.4. The van der Waals surface area contributed by atoms with Crippen molar-refractivity contribution >= 4 is 51.8 Å². The van der Waals surface area contributed by atoms with Gasteiger partial charge >= 0.3 is 0 Å². The number of fused-ring (bicyclic) bond motifs is 1. The lowest BCUT2D eigenvalue weighted by atomic mass is 10.1. The van der Waals surface area contributed by atoms with E-state index in [-0.39, 0.29) is 22.5 Å². The highest BCUT2D eigenvalue weighted by Gasteiger charge is 2.34. The first-order chi connectivity index (χ1) is 14.5. The Bertz CT molecular complexity index is 1180. The van der Waals surface area contributed by atoms with Crippen LogP contribution in [0.3, 0.4) is 0 Å². The Hall–Kier alpha value is -2.85. The Morgan fingerprint density at radius 3 is 2.73 bits per heavy atom. The van der Waals surface area contributed by atoms with Crippen LogP contribution in [0.25, 0.3) is 11.0 Å². The minimum absolute atomic E-state index is 0.00579. The molecule has 1 atom stereocenters. The largest absolute Gasteiger partial charge is 0.319 e. The van der Waals surface area contributed by atoms with Crippen molar-refractivity contribution in [1.29, 1.82) is 0 Å². The van der Waals surface area contributed by atoms with E-state index >= 15 is 0 Å². The molecule has 0 saturated carbocycles. The van der Waals surface area contributed by atoms with Crippen molar-refractivity contribution < 1.29 is 9.72 Å². The summed E-state index contributed by atoms with van der Waals surface area (Å²) in [6.07, 6.45) is 2.58. The number of hydrogen-bond acceptors (Lipinski definition) is 7. The van der Waals surface area contributed by atoms with Crippen LogP contribution in [0.1, 0.15) is 16.6 Å². The van der Waals surface area contributed by atoms with E-state index in [0.717, 1.165) is 11.3 Å². The van der Waals surface area contributed by atoms with Gasteiger partial charge in [0.1, 0.15) is 11.1 Å². The summed E-state index contributed by atoms with van der Waals surface area (Å²) in [7, 11) is 0. The summed E-state index contributed by atoms with van der Waals surface area (Å²) in [6, 6.07) is 11.6. The molecule has 0 bridgehead atoms. The van der Waals surface area contributed by atoms with Gasteiger partial charge in [-0.15, -0.1) is 11.8 Å². The van der Waals surface area contributed by atoms with Gasteiger partial charge in [0, 0.05) is 24.2 Å². The number of thioether (sulfide) groups is 2. The lowest BCUT2D eigenvalue weighted by Gasteiger charge is -2.24. The fraction of sp³-hybridized carbons (Fsp3) is 0.250. The minimum atomic E-state index is -0.450. The Morgan fingerprint density at radius 1 is 1.27 bits per heavy atom. The van der Waals surface area contributed by atoms with Gasteiger partial charge in [0.2, 0.25) is 5.91 Å². The van der Waals surface area contributed by atoms with Gasteiger partial charge in [-0.25, -0.2) is 4.98 Å². The van der Waals surface area contributed by atoms with Crippen LogP contribution < -0.4 is 10.5 Å². The minimum Gasteiger partial charge on any atom is -0.319 e. The first-order valence-corrected chi connectivity index (χ1v) is 11.6. The maximum Gasteiger partial charge on any atom is 0.270 e. The van der Waals surface area contributed by atoms with E-state index in [4.69, 9.17) is 0 Å². The van der Waals surface area contributed by atoms with Crippen molar-refractivity contribution in [2.45, 2.75) is 11.8 Å². The molecule has 1 amide bonds. The fourth-order valence-electron chi connectivity index (χ4n) is 3.34. The second-order valence-corrected chi connectivity index (χ2v) is 8.79. The second kappa shape index (κ2) is 8.49. The monoisotopic (exact) mass is 442 g/mol. The molecule has 1 fully saturated rings. The second-order valence-electron chi connectivity index (χ2n) is 6.73. The number of aryl methyl sites for hydroxylation is 1. The number of benzene rings is 2. The highest BCUT2D eigenvalue weighted by molar-refractivity contribution is 8.00. The third-order valence-electron chi connectivity index (χ3n) is 4.82. The lowest BCUT2D eigenvalue weighted by molar-refractivity contribution is -0.384. The normalized spacial score (nSPS) is 16.4. The van der Waals surface area contributed by atoms with E-state index in [2.05, 4.69) is 9.97 Å². The van der Waals surface area contributed by atoms with Crippen LogP contribution in [0.2, 0.25) is 0 Å². The van der Waals surface area contributed by atoms with Crippen LogP contribution in [0.5, 0.6) is 0 Å². The standard InChI is InChI=1S/C20H18N4O4S2/c1-29-9-8-16-19(26)22-17-10-14(6-7-15(17)21-16)23-18(25)11-30-20(23)12-2-4-13(5-3-12)24(27)28/h2-7,10,20H,8-9,11H2,1H3,(H,22,26). The molecule has 154 valence electrons. The quantitative estimate of drug-likeness (QED) is 0.459. The Balaban J connectivity index is 1.69. The number of carbonyl (C=O) groups excluding carboxylic acids is 1. The molecule has 30 heavy (non-hydrogen) atoms. The van der Waals surface area contributed by atoms with Gasteiger partial charge in [-0.05, 0) is 47.9 Å². The molecule has 2 aromatic carbocycles. The highest BCUT2D eigenvalue weighted by Crippen LogP contribution is 2.42. The number of nitrogens with zero attached hydrogens (tertiary/aromatic N) is 3. The highest BCUT2D eigenvalue weighted by atomic mass is 32.2. The lowest BCUT2D eigenvalue weighted by Crippen LogP contribution is -2.28. The molecule has 0 spiro atoms. The van der Waals surface area contributed by atoms with Gasteiger partial charge in [0.15, 0.2) is 0 Å². The summed E-state index contributed by atoms with van der Waals surface area (Å²) >= 11 is 3.11. The Morgan fingerprint density at radius 2 is 2.03 bits per heavy atom. The zero-order valence-electron chi connectivity index (χ0n) is 16.0. The van der Waals surface area contributed by atoms with Gasteiger partial charge in [-0.3, -0.25) is 24.6 Å². The number of aromatic amines is 1. The molecule has 1 N–H and O–H groups in total. The SMILES string of the molecule is CSCCc1nc2ccc(N3C(=O)CSC3c3ccc([N+](=O)[O-])cc3)cc2[nH]c1=O. The molecule has 8 nitrogen and oxygen atoms in total. The molecule has 1 aliphatic heterocycles. The van der Waals surface area contributed by atoms with E-state index in [9.17, 15) is 19.7 Å². The topological polar surface area (TPSA) is 109 Å². The smallest absolute Gasteiger partial charge is 0.270 e. The molecule has 0 aliphatic carbocycles. The van der Waals surface area contributed by atoms with Crippen molar-refractivity contribution in [3.63, 3.8) is 0 Å².